The third-order valence-electron chi connectivity index (χ3n) is 14.7. The van der Waals surface area contributed by atoms with Crippen molar-refractivity contribution in [1.29, 1.82) is 0 Å². The van der Waals surface area contributed by atoms with Crippen molar-refractivity contribution < 1.29 is 100 Å². The molecule has 2 aromatic carbocycles. The molecule has 0 amide bonds. The maximum Gasteiger partial charge on any atom is 0.507 e. The number of benzene rings is 2. The van der Waals surface area contributed by atoms with E-state index in [4.69, 9.17) is 92.1 Å². The molecule has 37 nitrogen and oxygen atoms in total. The zero-order valence-corrected chi connectivity index (χ0v) is 66.7. The number of alkyl halides is 1. The van der Waals surface area contributed by atoms with E-state index < -0.39 is 13.1 Å². The van der Waals surface area contributed by atoms with Crippen molar-refractivity contribution in [2.75, 3.05) is 6.61 Å². The minimum Gasteiger partial charge on any atom is -0.507 e. The summed E-state index contributed by atoms with van der Waals surface area (Å²) in [5.41, 5.74) is 7.78. The van der Waals surface area contributed by atoms with E-state index >= 15 is 0 Å². The Morgan fingerprint density at radius 2 is 0.912 bits per heavy atom. The number of aliphatic hydroxyl groups excluding tert-OH is 1. The second-order valence-electron chi connectivity index (χ2n) is 24.0. The summed E-state index contributed by atoms with van der Waals surface area (Å²) in [7, 11) is -1.43. The summed E-state index contributed by atoms with van der Waals surface area (Å²) in [6, 6.07) is 18.7. The SMILES string of the molecule is CC(C)n1nccc1-c1ocnc1CCl.CC(C)n1nccc1-c1ocnc1CO.CC(C)n1nccc1-c1ocnc1COc1cccc(O)c1C=O.CC(C)n1nccc1B(O)O.CCOC(=O)c1ncoc1-c1ccnn1C(C)C.CCc1cocn1.CCc1ncoc1Br.O=C=O.O=C=O.O=Cc1c(O)cccc1O. The molecule has 0 aliphatic rings. The fourth-order valence-electron chi connectivity index (χ4n) is 9.58. The summed E-state index contributed by atoms with van der Waals surface area (Å²) < 4.78 is 51.2. The van der Waals surface area contributed by atoms with Crippen molar-refractivity contribution in [2.24, 2.45) is 0 Å². The van der Waals surface area contributed by atoms with Crippen molar-refractivity contribution >= 4 is 71.1 Å². The summed E-state index contributed by atoms with van der Waals surface area (Å²) in [5, 5.41) is 75.1. The van der Waals surface area contributed by atoms with Gasteiger partial charge in [-0.1, -0.05) is 26.0 Å². The van der Waals surface area contributed by atoms with Crippen LogP contribution in [0.3, 0.4) is 0 Å². The molecule has 0 aliphatic heterocycles. The molecule has 0 unspecified atom stereocenters. The van der Waals surface area contributed by atoms with Gasteiger partial charge in [-0.3, -0.25) is 33.0 Å². The summed E-state index contributed by atoms with van der Waals surface area (Å²) in [5.74, 6) is 1.86. The molecular weight excluding hydrogens is 1580 g/mol. The van der Waals surface area contributed by atoms with Crippen molar-refractivity contribution in [3.63, 3.8) is 0 Å². The highest BCUT2D eigenvalue weighted by molar-refractivity contribution is 9.10. The van der Waals surface area contributed by atoms with E-state index in [-0.39, 0.29) is 95.5 Å². The lowest BCUT2D eigenvalue weighted by Gasteiger charge is -2.11. The lowest BCUT2D eigenvalue weighted by Crippen LogP contribution is -2.37. The van der Waals surface area contributed by atoms with Gasteiger partial charge in [-0.2, -0.15) is 44.7 Å². The number of phenolic OH excluding ortho intramolecular Hbond substituents is 3. The maximum absolute atomic E-state index is 11.7. The number of aryl methyl sites for hydroxylation is 2. The minimum absolute atomic E-state index is 0.0671. The van der Waals surface area contributed by atoms with Gasteiger partial charge >= 0.3 is 25.4 Å². The van der Waals surface area contributed by atoms with Crippen LogP contribution in [0.15, 0.2) is 174 Å². The summed E-state index contributed by atoms with van der Waals surface area (Å²) in [4.78, 5) is 89.3. The van der Waals surface area contributed by atoms with Gasteiger partial charge in [0.05, 0.1) is 47.2 Å². The van der Waals surface area contributed by atoms with E-state index in [1.54, 1.807) is 77.8 Å². The van der Waals surface area contributed by atoms with Crippen molar-refractivity contribution in [2.45, 2.75) is 152 Å². The van der Waals surface area contributed by atoms with E-state index in [0.29, 0.717) is 70.8 Å². The molecule has 13 aromatic rings. The predicted molar refractivity (Wildman–Crippen MR) is 409 cm³/mol. The van der Waals surface area contributed by atoms with Crippen LogP contribution in [-0.4, -0.2) is 154 Å². The number of hydrogen-bond donors (Lipinski definition) is 6. The number of aliphatic hydroxyl groups is 1. The van der Waals surface area contributed by atoms with Gasteiger partial charge < -0.3 is 66.5 Å². The molecule has 0 radical (unpaired) electrons. The van der Waals surface area contributed by atoms with Crippen LogP contribution in [-0.2, 0) is 55.9 Å². The molecule has 11 aromatic heterocycles. The zero-order valence-electron chi connectivity index (χ0n) is 64.4. The van der Waals surface area contributed by atoms with Gasteiger partial charge in [-0.25, -0.2) is 34.7 Å². The van der Waals surface area contributed by atoms with Crippen LogP contribution in [0.25, 0.3) is 45.8 Å². The number of aromatic nitrogens is 16. The molecule has 0 spiro atoms. The van der Waals surface area contributed by atoms with Crippen LogP contribution in [0.4, 0.5) is 0 Å². The average Bonchev–Trinajstić information content (AvgIpc) is 1.67. The Kier molecular flexibility index (Phi) is 40.6. The molecule has 0 saturated heterocycles. The van der Waals surface area contributed by atoms with Crippen molar-refractivity contribution in [3.8, 4) is 68.8 Å². The number of oxazole rings is 6. The average molecular weight is 1660 g/mol. The lowest BCUT2D eigenvalue weighted by atomic mass is 9.86. The number of aldehydes is 2. The largest absolute Gasteiger partial charge is 0.507 e. The van der Waals surface area contributed by atoms with Crippen LogP contribution in [0, 0.1) is 0 Å². The molecule has 13 rings (SSSR count). The number of ether oxygens (including phenoxy) is 2. The minimum atomic E-state index is -1.43. The Morgan fingerprint density at radius 3 is 1.28 bits per heavy atom. The topological polar surface area (TPSA) is 505 Å². The quantitative estimate of drug-likeness (QED) is 0.0168. The number of phenols is 3. The van der Waals surface area contributed by atoms with E-state index in [2.05, 4.69) is 85.2 Å². The van der Waals surface area contributed by atoms with Crippen LogP contribution in [0.1, 0.15) is 180 Å². The molecule has 0 bridgehead atoms. The number of hydrogen-bond acceptors (Lipinski definition) is 32. The van der Waals surface area contributed by atoms with Gasteiger partial charge in [0.1, 0.15) is 75.7 Å². The first-order valence-electron chi connectivity index (χ1n) is 34.6. The molecule has 0 atom stereocenters. The predicted octanol–water partition coefficient (Wildman–Crippen LogP) is 12.1. The molecule has 0 fully saturated rings. The van der Waals surface area contributed by atoms with Crippen LogP contribution >= 0.6 is 27.5 Å². The highest BCUT2D eigenvalue weighted by Gasteiger charge is 2.25. The van der Waals surface area contributed by atoms with E-state index in [1.807, 2.05) is 101 Å². The Morgan fingerprint density at radius 1 is 0.518 bits per heavy atom. The van der Waals surface area contributed by atoms with Gasteiger partial charge in [-0.15, -0.1) is 11.6 Å². The summed E-state index contributed by atoms with van der Waals surface area (Å²) in [6.07, 6.45) is 21.5. The smallest absolute Gasteiger partial charge is 0.507 e. The molecule has 0 saturated carbocycles. The summed E-state index contributed by atoms with van der Waals surface area (Å²) in [6.45, 7) is 26.2. The van der Waals surface area contributed by atoms with Gasteiger partial charge in [-0.05, 0) is 160 Å². The molecule has 0 aliphatic carbocycles. The van der Waals surface area contributed by atoms with E-state index in [1.165, 1.54) is 62.6 Å². The Bertz CT molecular complexity index is 4850. The fourth-order valence-corrected chi connectivity index (χ4v) is 10.2. The van der Waals surface area contributed by atoms with Gasteiger partial charge in [0.15, 0.2) is 84.3 Å². The monoisotopic (exact) mass is 1660 g/mol. The third kappa shape index (κ3) is 27.6. The van der Waals surface area contributed by atoms with E-state index in [9.17, 15) is 19.5 Å². The fraction of sp³-hybridized carbons (Fsp3) is 0.324. The normalized spacial score (nSPS) is 10.2. The number of rotatable bonds is 21. The number of carbonyl (C=O) groups is 3. The van der Waals surface area contributed by atoms with Crippen molar-refractivity contribution in [1.82, 2.24) is 78.8 Å². The standard InChI is InChI=1S/C17H17N3O4.C12H15N3O3.C10H12ClN3O.C10H13N3O2.C7H6O3.C6H11BN2O2.C5H6BrNO.C5H7NO.2CO2/c1-11(2)20-14(6-7-19-20)17-13(18-10-24-17)9-23-16-5-3-4-15(22)12(16)8-21;1-4-17-12(16)10-11(18-7-13-10)9-5-6-14-15(9)8(2)3;1-7(2)14-9(3-4-13-14)10-8(5-11)12-6-15-10;1-7(2)13-9(3-4-12-13)10-8(5-14)11-6-15-10;8-4-5-6(9)2-1-3-7(5)10;1-5(2)9-6(7(10)11)3-4-8-9;1-2-4-5(6)8-3-7-4;1-2-5-3-7-4-6-5;2*2-1-3/h3-8,10-11,22H,9H2,1-2H3;5-8H,4H2,1-3H3;3-4,6-7H,5H2,1-2H3;3-4,6-7,14H,5H2,1-2H3;1-4,9-10H;3-5,10-11H,1-2H3;3H,2H2,1H3;3-4H,2H2,1H3;;. The number of esters is 1. The van der Waals surface area contributed by atoms with Gasteiger partial charge in [0.2, 0.25) is 0 Å². The first-order valence-corrected chi connectivity index (χ1v) is 35.9. The molecule has 11 heterocycles. The highest BCUT2D eigenvalue weighted by atomic mass is 79.9. The highest BCUT2D eigenvalue weighted by Crippen LogP contribution is 2.32. The molecule has 114 heavy (non-hydrogen) atoms. The second kappa shape index (κ2) is 49.5. The lowest BCUT2D eigenvalue weighted by molar-refractivity contribution is -0.193. The van der Waals surface area contributed by atoms with E-state index in [0.717, 1.165) is 51.7 Å². The number of nitrogens with zero attached hydrogens (tertiary/aromatic N) is 16. The Labute approximate surface area is 666 Å². The van der Waals surface area contributed by atoms with Crippen molar-refractivity contribution in [3.05, 3.63) is 192 Å². The molecular formula is C74H87BBrClN16O21. The number of aromatic hydroxyl groups is 3. The molecule has 6 N–H and O–H groups in total. The molecule has 40 heteroatoms. The Hall–Kier alpha value is -12.8. The third-order valence-corrected chi connectivity index (χ3v) is 15.6. The number of halogens is 2. The first-order chi connectivity index (χ1) is 54.7. The van der Waals surface area contributed by atoms with Crippen LogP contribution in [0.2, 0.25) is 0 Å². The van der Waals surface area contributed by atoms with Gasteiger partial charge in [0, 0.05) is 61.2 Å². The first kappa shape index (κ1) is 93.6. The van der Waals surface area contributed by atoms with Gasteiger partial charge in [0.25, 0.3) is 0 Å². The van der Waals surface area contributed by atoms with Crippen LogP contribution < -0.4 is 10.3 Å². The van der Waals surface area contributed by atoms with Crippen LogP contribution in [0.5, 0.6) is 23.0 Å². The molecule has 606 valence electrons. The zero-order chi connectivity index (χ0) is 84.4. The maximum atomic E-state index is 11.7. The second-order valence-corrected chi connectivity index (χ2v) is 25.0. The number of carbonyl (C=O) groups excluding carboxylic acids is 7. The Balaban J connectivity index is 0.000000278. The summed E-state index contributed by atoms with van der Waals surface area (Å²) >= 11 is 8.97.